The molecule has 0 saturated heterocycles. The van der Waals surface area contributed by atoms with Crippen molar-refractivity contribution < 1.29 is 22.4 Å². The second-order valence-electron chi connectivity index (χ2n) is 9.54. The molecule has 0 radical (unpaired) electrons. The minimum absolute atomic E-state index is 0.175. The third-order valence-corrected chi connectivity index (χ3v) is 6.67. The highest BCUT2D eigenvalue weighted by molar-refractivity contribution is 5.99. The maximum atomic E-state index is 15.3. The Bertz CT molecular complexity index is 1380. The van der Waals surface area contributed by atoms with Gasteiger partial charge in [0.1, 0.15) is 11.4 Å². The summed E-state index contributed by atoms with van der Waals surface area (Å²) < 4.78 is 57.3. The highest BCUT2D eigenvalue weighted by Gasteiger charge is 2.39. The van der Waals surface area contributed by atoms with Crippen molar-refractivity contribution >= 4 is 5.78 Å². The summed E-state index contributed by atoms with van der Waals surface area (Å²) in [6.07, 6.45) is -1.44. The molecule has 196 valence electrons. The molecule has 0 bridgehead atoms. The average molecular weight is 519 g/mol. The van der Waals surface area contributed by atoms with Crippen LogP contribution in [0.25, 0.3) is 22.3 Å². The van der Waals surface area contributed by atoms with Gasteiger partial charge in [0.2, 0.25) is 0 Å². The van der Waals surface area contributed by atoms with Gasteiger partial charge < -0.3 is 0 Å². The summed E-state index contributed by atoms with van der Waals surface area (Å²) in [6.45, 7) is 4.15. The zero-order valence-corrected chi connectivity index (χ0v) is 21.5. The number of ketones is 1. The van der Waals surface area contributed by atoms with E-state index >= 15 is 4.39 Å². The van der Waals surface area contributed by atoms with Crippen LogP contribution in [0.5, 0.6) is 0 Å². The summed E-state index contributed by atoms with van der Waals surface area (Å²) in [5.41, 5.74) is 2.80. The molecular formula is C33H30F4O. The average Bonchev–Trinajstić information content (AvgIpc) is 2.90. The molecule has 0 heterocycles. The maximum absolute atomic E-state index is 15.3. The number of hydrogen-bond acceptors (Lipinski definition) is 1. The molecule has 0 saturated carbocycles. The van der Waals surface area contributed by atoms with Gasteiger partial charge in [-0.25, -0.2) is 4.39 Å². The topological polar surface area (TPSA) is 17.1 Å². The van der Waals surface area contributed by atoms with Gasteiger partial charge in [0.05, 0.1) is 0 Å². The van der Waals surface area contributed by atoms with Crippen molar-refractivity contribution in [1.29, 1.82) is 0 Å². The third-order valence-electron chi connectivity index (χ3n) is 6.67. The normalized spacial score (nSPS) is 11.5. The van der Waals surface area contributed by atoms with E-state index in [1.807, 2.05) is 31.2 Å². The lowest BCUT2D eigenvalue weighted by Gasteiger charge is -2.16. The molecular weight excluding hydrogens is 488 g/mol. The van der Waals surface area contributed by atoms with Crippen LogP contribution in [0.15, 0.2) is 84.9 Å². The Balaban J connectivity index is 1.58. The number of aryl methyl sites for hydroxylation is 2. The standard InChI is InChI=1S/C33H30F4O/c1-3-5-22-7-13-25(14-8-22)26-15-11-24(12-16-26)21-30(38)29-20-19-28(32(34)31(29)33(35,36)37)27-17-9-23(6-4-2)10-18-27/h7-20H,3-6,21H2,1-2H3. The highest BCUT2D eigenvalue weighted by Crippen LogP contribution is 2.39. The van der Waals surface area contributed by atoms with Gasteiger partial charge in [0, 0.05) is 17.5 Å². The number of benzene rings is 4. The Labute approximate surface area is 221 Å². The van der Waals surface area contributed by atoms with E-state index in [0.717, 1.165) is 48.4 Å². The first-order chi connectivity index (χ1) is 18.2. The minimum atomic E-state index is -5.01. The van der Waals surface area contributed by atoms with Gasteiger partial charge in [-0.1, -0.05) is 106 Å². The number of carbonyl (C=O) groups is 1. The molecule has 4 rings (SSSR count). The van der Waals surface area contributed by atoms with Crippen LogP contribution < -0.4 is 0 Å². The fourth-order valence-electron chi connectivity index (χ4n) is 4.70. The molecule has 38 heavy (non-hydrogen) atoms. The largest absolute Gasteiger partial charge is 0.419 e. The van der Waals surface area contributed by atoms with E-state index in [1.54, 1.807) is 36.4 Å². The SMILES string of the molecule is CCCc1ccc(-c2ccc(CC(=O)c3ccc(-c4ccc(CCC)cc4)c(F)c3C(F)(F)F)cc2)cc1. The zero-order chi connectivity index (χ0) is 27.3. The maximum Gasteiger partial charge on any atom is 0.419 e. The van der Waals surface area contributed by atoms with Crippen LogP contribution in [-0.2, 0) is 25.4 Å². The molecule has 0 aromatic heterocycles. The van der Waals surface area contributed by atoms with E-state index in [-0.39, 0.29) is 12.0 Å². The number of halogens is 4. The summed E-state index contributed by atoms with van der Waals surface area (Å²) in [4.78, 5) is 13.0. The predicted octanol–water partition coefficient (Wildman–Crippen LogP) is 9.51. The Morgan fingerprint density at radius 3 is 1.53 bits per heavy atom. The first kappa shape index (κ1) is 27.3. The fraction of sp³-hybridized carbons (Fsp3) is 0.242. The second kappa shape index (κ2) is 11.8. The number of alkyl halides is 3. The first-order valence-electron chi connectivity index (χ1n) is 12.9. The van der Waals surface area contributed by atoms with E-state index in [0.29, 0.717) is 11.1 Å². The minimum Gasteiger partial charge on any atom is -0.294 e. The molecule has 0 spiro atoms. The number of carbonyl (C=O) groups excluding carboxylic acids is 1. The smallest absolute Gasteiger partial charge is 0.294 e. The Hall–Kier alpha value is -3.73. The summed E-state index contributed by atoms with van der Waals surface area (Å²) in [5, 5.41) is 0. The molecule has 4 aromatic carbocycles. The molecule has 0 aliphatic rings. The van der Waals surface area contributed by atoms with Crippen LogP contribution in [0.4, 0.5) is 17.6 Å². The van der Waals surface area contributed by atoms with E-state index in [4.69, 9.17) is 0 Å². The molecule has 0 unspecified atom stereocenters. The molecule has 0 aliphatic carbocycles. The fourth-order valence-corrected chi connectivity index (χ4v) is 4.70. The predicted molar refractivity (Wildman–Crippen MR) is 145 cm³/mol. The summed E-state index contributed by atoms with van der Waals surface area (Å²) in [6, 6.07) is 24.5. The van der Waals surface area contributed by atoms with Crippen molar-refractivity contribution in [1.82, 2.24) is 0 Å². The van der Waals surface area contributed by atoms with Crippen molar-refractivity contribution in [2.45, 2.75) is 52.1 Å². The van der Waals surface area contributed by atoms with Crippen molar-refractivity contribution in [2.24, 2.45) is 0 Å². The van der Waals surface area contributed by atoms with E-state index in [2.05, 4.69) is 19.1 Å². The number of rotatable bonds is 9. The summed E-state index contributed by atoms with van der Waals surface area (Å²) in [7, 11) is 0. The van der Waals surface area contributed by atoms with Crippen molar-refractivity contribution in [3.8, 4) is 22.3 Å². The summed E-state index contributed by atoms with van der Waals surface area (Å²) >= 11 is 0. The lowest BCUT2D eigenvalue weighted by atomic mass is 9.92. The lowest BCUT2D eigenvalue weighted by Crippen LogP contribution is -2.17. The van der Waals surface area contributed by atoms with E-state index in [9.17, 15) is 18.0 Å². The molecule has 0 aliphatic heterocycles. The monoisotopic (exact) mass is 518 g/mol. The van der Waals surface area contributed by atoms with Gasteiger partial charge in [0.15, 0.2) is 5.78 Å². The molecule has 4 aromatic rings. The van der Waals surface area contributed by atoms with E-state index in [1.165, 1.54) is 11.6 Å². The van der Waals surface area contributed by atoms with Crippen molar-refractivity contribution in [2.75, 3.05) is 0 Å². The third kappa shape index (κ3) is 6.21. The second-order valence-corrected chi connectivity index (χ2v) is 9.54. The van der Waals surface area contributed by atoms with Crippen molar-refractivity contribution in [3.05, 3.63) is 119 Å². The molecule has 5 heteroatoms. The van der Waals surface area contributed by atoms with Crippen LogP contribution in [0.1, 0.15) is 59.3 Å². The molecule has 0 amide bonds. The van der Waals surface area contributed by atoms with Crippen LogP contribution in [0, 0.1) is 5.82 Å². The number of Topliss-reactive ketones (excluding diaryl/α,β-unsaturated/α-hetero) is 1. The Morgan fingerprint density at radius 1 is 0.632 bits per heavy atom. The van der Waals surface area contributed by atoms with E-state index < -0.39 is 28.9 Å². The van der Waals surface area contributed by atoms with Crippen LogP contribution in [-0.4, -0.2) is 5.78 Å². The number of hydrogen-bond donors (Lipinski definition) is 0. The molecule has 0 N–H and O–H groups in total. The Morgan fingerprint density at radius 2 is 1.08 bits per heavy atom. The quantitative estimate of drug-likeness (QED) is 0.159. The first-order valence-corrected chi connectivity index (χ1v) is 12.9. The van der Waals surface area contributed by atoms with Crippen LogP contribution >= 0.6 is 0 Å². The van der Waals surface area contributed by atoms with Gasteiger partial charge in [-0.2, -0.15) is 13.2 Å². The summed E-state index contributed by atoms with van der Waals surface area (Å²) in [5.74, 6) is -2.20. The van der Waals surface area contributed by atoms with Gasteiger partial charge >= 0.3 is 6.18 Å². The van der Waals surface area contributed by atoms with Crippen LogP contribution in [0.3, 0.4) is 0 Å². The van der Waals surface area contributed by atoms with Gasteiger partial charge in [-0.3, -0.25) is 4.79 Å². The Kier molecular flexibility index (Phi) is 8.45. The zero-order valence-electron chi connectivity index (χ0n) is 21.5. The molecule has 1 nitrogen and oxygen atoms in total. The highest BCUT2D eigenvalue weighted by atomic mass is 19.4. The molecule has 0 atom stereocenters. The van der Waals surface area contributed by atoms with Gasteiger partial charge in [-0.05, 0) is 52.3 Å². The van der Waals surface area contributed by atoms with Crippen molar-refractivity contribution in [3.63, 3.8) is 0 Å². The molecule has 0 fully saturated rings. The van der Waals surface area contributed by atoms with Gasteiger partial charge in [-0.15, -0.1) is 0 Å². The van der Waals surface area contributed by atoms with Gasteiger partial charge in [0.25, 0.3) is 0 Å². The lowest BCUT2D eigenvalue weighted by molar-refractivity contribution is -0.140. The van der Waals surface area contributed by atoms with Crippen LogP contribution in [0.2, 0.25) is 0 Å².